The first-order chi connectivity index (χ1) is 10.6. The minimum absolute atomic E-state index is 0.0491. The van der Waals surface area contributed by atoms with Crippen molar-refractivity contribution in [2.45, 2.75) is 40.0 Å². The van der Waals surface area contributed by atoms with Crippen LogP contribution in [0.5, 0.6) is 5.75 Å². The van der Waals surface area contributed by atoms with Gasteiger partial charge in [0.15, 0.2) is 0 Å². The topological polar surface area (TPSA) is 53.3 Å². The Hall–Kier alpha value is -2.02. The van der Waals surface area contributed by atoms with Gasteiger partial charge in [-0.15, -0.1) is 0 Å². The third-order valence-corrected chi connectivity index (χ3v) is 3.71. The maximum atomic E-state index is 12.1. The summed E-state index contributed by atoms with van der Waals surface area (Å²) in [4.78, 5) is 13.8. The van der Waals surface area contributed by atoms with Gasteiger partial charge in [-0.2, -0.15) is 5.26 Å². The van der Waals surface area contributed by atoms with Gasteiger partial charge in [0, 0.05) is 13.1 Å². The van der Waals surface area contributed by atoms with Crippen LogP contribution in [0.15, 0.2) is 24.3 Å². The third-order valence-electron chi connectivity index (χ3n) is 3.71. The van der Waals surface area contributed by atoms with Gasteiger partial charge >= 0.3 is 0 Å². The number of hydrogen-bond donors (Lipinski definition) is 0. The van der Waals surface area contributed by atoms with Crippen LogP contribution in [0.4, 0.5) is 0 Å². The van der Waals surface area contributed by atoms with Crippen LogP contribution in [0.3, 0.4) is 0 Å². The van der Waals surface area contributed by atoms with E-state index >= 15 is 0 Å². The molecule has 0 saturated heterocycles. The molecule has 22 heavy (non-hydrogen) atoms. The molecule has 4 heteroatoms. The Labute approximate surface area is 133 Å². The van der Waals surface area contributed by atoms with Crippen molar-refractivity contribution >= 4 is 5.91 Å². The first-order valence-electron chi connectivity index (χ1n) is 8.00. The maximum Gasteiger partial charge on any atom is 0.239 e. The van der Waals surface area contributed by atoms with Gasteiger partial charge in [0.25, 0.3) is 0 Å². The fourth-order valence-corrected chi connectivity index (χ4v) is 2.27. The summed E-state index contributed by atoms with van der Waals surface area (Å²) in [7, 11) is 0. The molecule has 1 rings (SSSR count). The minimum Gasteiger partial charge on any atom is -0.494 e. The van der Waals surface area contributed by atoms with Crippen molar-refractivity contribution in [3.63, 3.8) is 0 Å². The normalized spacial score (nSPS) is 11.5. The number of aryl methyl sites for hydroxylation is 1. The van der Waals surface area contributed by atoms with E-state index in [1.807, 2.05) is 45.0 Å². The molecular weight excluding hydrogens is 276 g/mol. The number of carbonyl (C=O) groups is 1. The second-order valence-electron chi connectivity index (χ2n) is 5.35. The Bertz CT molecular complexity index is 487. The summed E-state index contributed by atoms with van der Waals surface area (Å²) in [5, 5.41) is 9.17. The van der Waals surface area contributed by atoms with Crippen molar-refractivity contribution in [2.24, 2.45) is 5.92 Å². The zero-order chi connectivity index (χ0) is 16.4. The fraction of sp³-hybridized carbons (Fsp3) is 0.556. The Morgan fingerprint density at radius 1 is 1.23 bits per heavy atom. The van der Waals surface area contributed by atoms with Gasteiger partial charge in [0.2, 0.25) is 5.91 Å². The van der Waals surface area contributed by atoms with Gasteiger partial charge in [-0.3, -0.25) is 4.79 Å². The van der Waals surface area contributed by atoms with Gasteiger partial charge < -0.3 is 9.64 Å². The first kappa shape index (κ1) is 18.0. The first-order valence-corrected chi connectivity index (χ1v) is 8.00. The lowest BCUT2D eigenvalue weighted by Gasteiger charge is -2.21. The van der Waals surface area contributed by atoms with E-state index in [0.717, 1.165) is 18.6 Å². The number of hydrogen-bond acceptors (Lipinski definition) is 3. The van der Waals surface area contributed by atoms with Crippen molar-refractivity contribution in [3.05, 3.63) is 29.8 Å². The number of amides is 1. The zero-order valence-electron chi connectivity index (χ0n) is 13.8. The number of nitrogens with zero attached hydrogens (tertiary/aromatic N) is 2. The predicted molar refractivity (Wildman–Crippen MR) is 87.6 cm³/mol. The zero-order valence-corrected chi connectivity index (χ0v) is 13.8. The molecule has 0 heterocycles. The minimum atomic E-state index is -0.528. The summed E-state index contributed by atoms with van der Waals surface area (Å²) < 4.78 is 5.65. The standard InChI is InChI=1S/C18H26N2O2/c1-4-20(5-2)18(21)16(14-19)8-6-7-13-22-17-11-9-15(3)10-12-17/h9-12,16H,4-8,13H2,1-3H3. The third kappa shape index (κ3) is 5.77. The van der Waals surface area contributed by atoms with E-state index in [0.29, 0.717) is 26.1 Å². The van der Waals surface area contributed by atoms with Gasteiger partial charge in [-0.25, -0.2) is 0 Å². The highest BCUT2D eigenvalue weighted by Gasteiger charge is 2.21. The summed E-state index contributed by atoms with van der Waals surface area (Å²) in [6.07, 6.45) is 2.26. The van der Waals surface area contributed by atoms with Crippen LogP contribution in [0.1, 0.15) is 38.7 Å². The maximum absolute atomic E-state index is 12.1. The van der Waals surface area contributed by atoms with Crippen LogP contribution >= 0.6 is 0 Å². The highest BCUT2D eigenvalue weighted by Crippen LogP contribution is 2.14. The van der Waals surface area contributed by atoms with E-state index < -0.39 is 5.92 Å². The van der Waals surface area contributed by atoms with Gasteiger partial charge in [-0.05, 0) is 52.2 Å². The summed E-state index contributed by atoms with van der Waals surface area (Å²) in [5.74, 6) is 0.285. The molecule has 0 spiro atoms. The second kappa shape index (κ2) is 9.83. The number of nitriles is 1. The molecule has 0 radical (unpaired) electrons. The van der Waals surface area contributed by atoms with E-state index in [2.05, 4.69) is 6.07 Å². The van der Waals surface area contributed by atoms with Crippen molar-refractivity contribution < 1.29 is 9.53 Å². The quantitative estimate of drug-likeness (QED) is 0.655. The predicted octanol–water partition coefficient (Wildman–Crippen LogP) is 3.55. The van der Waals surface area contributed by atoms with Crippen LogP contribution in [-0.2, 0) is 4.79 Å². The molecule has 1 aromatic carbocycles. The molecule has 0 aromatic heterocycles. The lowest BCUT2D eigenvalue weighted by atomic mass is 10.0. The molecular formula is C18H26N2O2. The highest BCUT2D eigenvalue weighted by molar-refractivity contribution is 5.81. The summed E-state index contributed by atoms with van der Waals surface area (Å²) in [6.45, 7) is 7.84. The number of rotatable bonds is 9. The van der Waals surface area contributed by atoms with Crippen molar-refractivity contribution in [1.29, 1.82) is 5.26 Å². The Morgan fingerprint density at radius 3 is 2.41 bits per heavy atom. The number of carbonyl (C=O) groups excluding carboxylic acids is 1. The summed E-state index contributed by atoms with van der Waals surface area (Å²) >= 11 is 0. The highest BCUT2D eigenvalue weighted by atomic mass is 16.5. The van der Waals surface area contributed by atoms with Crippen LogP contribution in [0.25, 0.3) is 0 Å². The van der Waals surface area contributed by atoms with Crippen LogP contribution in [-0.4, -0.2) is 30.5 Å². The molecule has 120 valence electrons. The molecule has 1 aromatic rings. The van der Waals surface area contributed by atoms with Crippen LogP contribution in [0.2, 0.25) is 0 Å². The number of ether oxygens (including phenoxy) is 1. The molecule has 0 aliphatic heterocycles. The molecule has 0 bridgehead atoms. The summed E-state index contributed by atoms with van der Waals surface area (Å²) in [5.41, 5.74) is 1.21. The Kier molecular flexibility index (Phi) is 8.06. The number of benzene rings is 1. The Morgan fingerprint density at radius 2 is 1.86 bits per heavy atom. The number of unbranched alkanes of at least 4 members (excludes halogenated alkanes) is 1. The van der Waals surface area contributed by atoms with E-state index in [1.165, 1.54) is 5.56 Å². The van der Waals surface area contributed by atoms with E-state index in [9.17, 15) is 4.79 Å². The monoisotopic (exact) mass is 302 g/mol. The molecule has 0 N–H and O–H groups in total. The van der Waals surface area contributed by atoms with Crippen LogP contribution in [0, 0.1) is 24.2 Å². The molecule has 0 fully saturated rings. The van der Waals surface area contributed by atoms with Crippen LogP contribution < -0.4 is 4.74 Å². The van der Waals surface area contributed by atoms with Crippen molar-refractivity contribution in [2.75, 3.05) is 19.7 Å². The largest absolute Gasteiger partial charge is 0.494 e. The Balaban J connectivity index is 2.28. The average molecular weight is 302 g/mol. The molecule has 4 nitrogen and oxygen atoms in total. The average Bonchev–Trinajstić information content (AvgIpc) is 2.53. The van der Waals surface area contributed by atoms with Gasteiger partial charge in [0.05, 0.1) is 12.7 Å². The molecule has 1 unspecified atom stereocenters. The van der Waals surface area contributed by atoms with Gasteiger partial charge in [-0.1, -0.05) is 17.7 Å². The second-order valence-corrected chi connectivity index (χ2v) is 5.35. The molecule has 0 aliphatic rings. The van der Waals surface area contributed by atoms with E-state index in [1.54, 1.807) is 4.90 Å². The SMILES string of the molecule is CCN(CC)C(=O)C(C#N)CCCCOc1ccc(C)cc1. The van der Waals surface area contributed by atoms with Gasteiger partial charge in [0.1, 0.15) is 11.7 Å². The summed E-state index contributed by atoms with van der Waals surface area (Å²) in [6, 6.07) is 10.1. The molecule has 1 atom stereocenters. The lowest BCUT2D eigenvalue weighted by Crippen LogP contribution is -2.35. The fourth-order valence-electron chi connectivity index (χ4n) is 2.27. The molecule has 1 amide bonds. The molecule has 0 aliphatic carbocycles. The smallest absolute Gasteiger partial charge is 0.239 e. The van der Waals surface area contributed by atoms with Crippen molar-refractivity contribution in [1.82, 2.24) is 4.90 Å². The lowest BCUT2D eigenvalue weighted by molar-refractivity contribution is -0.133. The van der Waals surface area contributed by atoms with E-state index in [-0.39, 0.29) is 5.91 Å². The van der Waals surface area contributed by atoms with E-state index in [4.69, 9.17) is 10.00 Å². The van der Waals surface area contributed by atoms with Crippen molar-refractivity contribution in [3.8, 4) is 11.8 Å². The molecule has 0 saturated carbocycles.